The van der Waals surface area contributed by atoms with Crippen molar-refractivity contribution in [3.05, 3.63) is 54.4 Å². The monoisotopic (exact) mass is 347 g/mol. The summed E-state index contributed by atoms with van der Waals surface area (Å²) in [6.45, 7) is 1.30. The van der Waals surface area contributed by atoms with Gasteiger partial charge in [0.1, 0.15) is 10.7 Å². The Bertz CT molecular complexity index is 1080. The quantitative estimate of drug-likeness (QED) is 0.605. The summed E-state index contributed by atoms with van der Waals surface area (Å²) in [6.07, 6.45) is 1.76. The summed E-state index contributed by atoms with van der Waals surface area (Å²) in [4.78, 5) is 21.0. The van der Waals surface area contributed by atoms with Gasteiger partial charge in [-0.25, -0.2) is 4.98 Å². The van der Waals surface area contributed by atoms with E-state index >= 15 is 0 Å². The van der Waals surface area contributed by atoms with Crippen molar-refractivity contribution in [2.24, 2.45) is 0 Å². The number of hydrogen-bond donors (Lipinski definition) is 1. The molecule has 1 aliphatic rings. The molecule has 1 amide bonds. The maximum absolute atomic E-state index is 11.9. The summed E-state index contributed by atoms with van der Waals surface area (Å²) in [5, 5.41) is 8.27. The third kappa shape index (κ3) is 2.40. The van der Waals surface area contributed by atoms with E-state index in [1.54, 1.807) is 22.2 Å². The summed E-state index contributed by atoms with van der Waals surface area (Å²) in [7, 11) is 0. The molecule has 6 nitrogen and oxygen atoms in total. The Kier molecular flexibility index (Phi) is 3.14. The maximum Gasteiger partial charge on any atom is 0.269 e. The van der Waals surface area contributed by atoms with Gasteiger partial charge in [0.05, 0.1) is 28.1 Å². The zero-order valence-electron chi connectivity index (χ0n) is 13.1. The zero-order chi connectivity index (χ0) is 16.8. The second-order valence-corrected chi connectivity index (χ2v) is 6.84. The van der Waals surface area contributed by atoms with E-state index in [0.717, 1.165) is 32.2 Å². The minimum absolute atomic E-state index is 0.0783. The standard InChI is InChI=1S/C18H13N5OS/c24-17-15-10-13(22-23(15)8-7-20-17)11-5-6-19-14(9-11)18-21-12-3-1-2-4-16(12)25-18/h1-6,9-10H,7-8H2,(H,20,24). The highest BCUT2D eigenvalue weighted by Crippen LogP contribution is 2.31. The molecule has 0 bridgehead atoms. The summed E-state index contributed by atoms with van der Waals surface area (Å²) in [5.41, 5.74) is 4.09. The number of aromatic nitrogens is 4. The first kappa shape index (κ1) is 14.3. The zero-order valence-corrected chi connectivity index (χ0v) is 14.0. The Morgan fingerprint density at radius 1 is 1.12 bits per heavy atom. The van der Waals surface area contributed by atoms with Crippen LogP contribution in [-0.2, 0) is 6.54 Å². The van der Waals surface area contributed by atoms with Crippen LogP contribution in [0.15, 0.2) is 48.7 Å². The highest BCUT2D eigenvalue weighted by atomic mass is 32.1. The Morgan fingerprint density at radius 3 is 2.92 bits per heavy atom. The van der Waals surface area contributed by atoms with E-state index < -0.39 is 0 Å². The van der Waals surface area contributed by atoms with Crippen molar-refractivity contribution in [1.29, 1.82) is 0 Å². The minimum atomic E-state index is -0.0783. The van der Waals surface area contributed by atoms with Gasteiger partial charge in [-0.05, 0) is 30.3 Å². The van der Waals surface area contributed by atoms with Gasteiger partial charge in [-0.1, -0.05) is 12.1 Å². The molecule has 0 spiro atoms. The van der Waals surface area contributed by atoms with Crippen LogP contribution in [0, 0.1) is 0 Å². The first-order valence-electron chi connectivity index (χ1n) is 7.96. The van der Waals surface area contributed by atoms with Gasteiger partial charge in [0.25, 0.3) is 5.91 Å². The van der Waals surface area contributed by atoms with Crippen molar-refractivity contribution in [3.63, 3.8) is 0 Å². The second kappa shape index (κ2) is 5.49. The van der Waals surface area contributed by atoms with E-state index in [-0.39, 0.29) is 5.91 Å². The number of fused-ring (bicyclic) bond motifs is 2. The van der Waals surface area contributed by atoms with Crippen LogP contribution >= 0.6 is 11.3 Å². The van der Waals surface area contributed by atoms with Crippen molar-refractivity contribution in [2.45, 2.75) is 6.54 Å². The fourth-order valence-corrected chi connectivity index (χ4v) is 3.90. The van der Waals surface area contributed by atoms with Crippen molar-refractivity contribution in [1.82, 2.24) is 25.1 Å². The highest BCUT2D eigenvalue weighted by molar-refractivity contribution is 7.21. The van der Waals surface area contributed by atoms with E-state index in [0.29, 0.717) is 18.8 Å². The average molecular weight is 347 g/mol. The number of benzene rings is 1. The van der Waals surface area contributed by atoms with Crippen LogP contribution < -0.4 is 5.32 Å². The molecule has 0 unspecified atom stereocenters. The van der Waals surface area contributed by atoms with Crippen molar-refractivity contribution < 1.29 is 4.79 Å². The van der Waals surface area contributed by atoms with Crippen LogP contribution in [0.2, 0.25) is 0 Å². The predicted molar refractivity (Wildman–Crippen MR) is 96.4 cm³/mol. The summed E-state index contributed by atoms with van der Waals surface area (Å²) in [5.74, 6) is -0.0783. The van der Waals surface area contributed by atoms with Gasteiger partial charge in [-0.2, -0.15) is 5.10 Å². The number of hydrogen-bond acceptors (Lipinski definition) is 5. The summed E-state index contributed by atoms with van der Waals surface area (Å²) < 4.78 is 2.89. The van der Waals surface area contributed by atoms with E-state index in [9.17, 15) is 4.79 Å². The number of thiazole rings is 1. The van der Waals surface area contributed by atoms with E-state index in [2.05, 4.69) is 26.4 Å². The molecule has 0 saturated heterocycles. The molecule has 1 aromatic carbocycles. The van der Waals surface area contributed by atoms with Crippen LogP contribution in [0.5, 0.6) is 0 Å². The Balaban J connectivity index is 1.58. The first-order valence-corrected chi connectivity index (χ1v) is 8.78. The smallest absolute Gasteiger partial charge is 0.269 e. The Hall–Kier alpha value is -3.06. The van der Waals surface area contributed by atoms with Gasteiger partial charge in [0, 0.05) is 18.3 Å². The number of nitrogens with one attached hydrogen (secondary N) is 1. The van der Waals surface area contributed by atoms with E-state index in [1.165, 1.54) is 0 Å². The third-order valence-electron chi connectivity index (χ3n) is 4.19. The topological polar surface area (TPSA) is 72.7 Å². The number of pyridine rings is 1. The molecule has 3 aromatic heterocycles. The molecule has 122 valence electrons. The molecule has 5 rings (SSSR count). The molecule has 1 aliphatic heterocycles. The van der Waals surface area contributed by atoms with Crippen molar-refractivity contribution in [2.75, 3.05) is 6.54 Å². The number of para-hydroxylation sites is 1. The lowest BCUT2D eigenvalue weighted by Gasteiger charge is -2.13. The second-order valence-electron chi connectivity index (χ2n) is 5.81. The molecule has 1 N–H and O–H groups in total. The summed E-state index contributed by atoms with van der Waals surface area (Å²) in [6, 6.07) is 13.8. The maximum atomic E-state index is 11.9. The lowest BCUT2D eigenvalue weighted by Crippen LogP contribution is -2.35. The fraction of sp³-hybridized carbons (Fsp3) is 0.111. The van der Waals surface area contributed by atoms with Crippen molar-refractivity contribution in [3.8, 4) is 22.0 Å². The SMILES string of the molecule is O=C1NCCn2nc(-c3ccnc(-c4nc5ccccc5s4)c3)cc21. The fourth-order valence-electron chi connectivity index (χ4n) is 2.97. The first-order chi connectivity index (χ1) is 12.3. The van der Waals surface area contributed by atoms with Crippen LogP contribution in [-0.4, -0.2) is 32.2 Å². The number of carbonyl (C=O) groups excluding carboxylic acids is 1. The molecular formula is C18H13N5OS. The lowest BCUT2D eigenvalue weighted by molar-refractivity contribution is 0.0924. The lowest BCUT2D eigenvalue weighted by atomic mass is 10.1. The van der Waals surface area contributed by atoms with Gasteiger partial charge in [-0.15, -0.1) is 11.3 Å². The molecule has 4 heterocycles. The van der Waals surface area contributed by atoms with Crippen LogP contribution in [0.4, 0.5) is 0 Å². The minimum Gasteiger partial charge on any atom is -0.349 e. The normalized spacial score (nSPS) is 13.7. The highest BCUT2D eigenvalue weighted by Gasteiger charge is 2.20. The molecule has 25 heavy (non-hydrogen) atoms. The average Bonchev–Trinajstić information content (AvgIpc) is 3.27. The van der Waals surface area contributed by atoms with Gasteiger partial charge < -0.3 is 5.32 Å². The molecule has 7 heteroatoms. The van der Waals surface area contributed by atoms with Gasteiger partial charge >= 0.3 is 0 Å². The predicted octanol–water partition coefficient (Wildman–Crippen LogP) is 2.97. The molecule has 0 saturated carbocycles. The van der Waals surface area contributed by atoms with Gasteiger partial charge in [0.15, 0.2) is 0 Å². The van der Waals surface area contributed by atoms with Crippen LogP contribution in [0.3, 0.4) is 0 Å². The van der Waals surface area contributed by atoms with Crippen molar-refractivity contribution >= 4 is 27.5 Å². The molecule has 0 aliphatic carbocycles. The molecule has 0 radical (unpaired) electrons. The Labute approximate surface area is 147 Å². The Morgan fingerprint density at radius 2 is 2.04 bits per heavy atom. The van der Waals surface area contributed by atoms with E-state index in [4.69, 9.17) is 0 Å². The van der Waals surface area contributed by atoms with E-state index in [1.807, 2.05) is 36.4 Å². The van der Waals surface area contributed by atoms with Crippen LogP contribution in [0.1, 0.15) is 10.5 Å². The number of nitrogens with zero attached hydrogens (tertiary/aromatic N) is 4. The van der Waals surface area contributed by atoms with Gasteiger partial charge in [-0.3, -0.25) is 14.5 Å². The number of amides is 1. The molecule has 0 atom stereocenters. The third-order valence-corrected chi connectivity index (χ3v) is 5.25. The number of rotatable bonds is 2. The van der Waals surface area contributed by atoms with Gasteiger partial charge in [0.2, 0.25) is 0 Å². The van der Waals surface area contributed by atoms with Crippen LogP contribution in [0.25, 0.3) is 32.2 Å². The molecule has 4 aromatic rings. The molecular weight excluding hydrogens is 334 g/mol. The molecule has 0 fully saturated rings. The summed E-state index contributed by atoms with van der Waals surface area (Å²) >= 11 is 1.62. The largest absolute Gasteiger partial charge is 0.349 e. The number of carbonyl (C=O) groups is 1.